The molecule has 0 aliphatic rings. The predicted molar refractivity (Wildman–Crippen MR) is 64.3 cm³/mol. The Morgan fingerprint density at radius 1 is 1.47 bits per heavy atom. The van der Waals surface area contributed by atoms with Crippen LogP contribution < -0.4 is 5.73 Å². The molecule has 0 aliphatic heterocycles. The van der Waals surface area contributed by atoms with Crippen molar-refractivity contribution in [2.75, 3.05) is 0 Å². The van der Waals surface area contributed by atoms with Crippen LogP contribution in [0.5, 0.6) is 0 Å². The molecule has 1 atom stereocenters. The fourth-order valence-corrected chi connectivity index (χ4v) is 1.78. The van der Waals surface area contributed by atoms with Crippen LogP contribution in [-0.4, -0.2) is 24.8 Å². The molecule has 0 amide bonds. The molecule has 0 spiro atoms. The summed E-state index contributed by atoms with van der Waals surface area (Å²) in [5.41, 5.74) is 9.04. The highest BCUT2D eigenvalue weighted by molar-refractivity contribution is 5.21. The van der Waals surface area contributed by atoms with Gasteiger partial charge in [0.15, 0.2) is 0 Å². The first-order valence-corrected chi connectivity index (χ1v) is 5.78. The Balaban J connectivity index is 2.29. The molecule has 6 nitrogen and oxygen atoms in total. The lowest BCUT2D eigenvalue weighted by atomic mass is 10.1. The van der Waals surface area contributed by atoms with Gasteiger partial charge in [0.05, 0.1) is 23.6 Å². The maximum Gasteiger partial charge on any atom is 0.0932 e. The van der Waals surface area contributed by atoms with Crippen LogP contribution in [0.25, 0.3) is 0 Å². The first-order valence-electron chi connectivity index (χ1n) is 5.78. The summed E-state index contributed by atoms with van der Waals surface area (Å²) in [5, 5.41) is 12.3. The second-order valence-corrected chi connectivity index (χ2v) is 4.19. The summed E-state index contributed by atoms with van der Waals surface area (Å²) in [7, 11) is 1.91. The van der Waals surface area contributed by atoms with E-state index in [0.717, 1.165) is 30.0 Å². The van der Waals surface area contributed by atoms with Gasteiger partial charge < -0.3 is 5.73 Å². The highest BCUT2D eigenvalue weighted by atomic mass is 15.4. The summed E-state index contributed by atoms with van der Waals surface area (Å²) in [5.74, 6) is 0. The van der Waals surface area contributed by atoms with E-state index in [4.69, 9.17) is 5.73 Å². The van der Waals surface area contributed by atoms with Gasteiger partial charge in [0.25, 0.3) is 0 Å². The van der Waals surface area contributed by atoms with Gasteiger partial charge in [0.1, 0.15) is 0 Å². The fraction of sp³-hybridized carbons (Fsp3) is 0.545. The van der Waals surface area contributed by atoms with Crippen molar-refractivity contribution in [1.29, 1.82) is 0 Å². The molecule has 0 fully saturated rings. The summed E-state index contributed by atoms with van der Waals surface area (Å²) >= 11 is 0. The van der Waals surface area contributed by atoms with Crippen molar-refractivity contribution in [3.63, 3.8) is 0 Å². The Labute approximate surface area is 100 Å². The van der Waals surface area contributed by atoms with Crippen molar-refractivity contribution in [2.45, 2.75) is 32.9 Å². The molecule has 2 N–H and O–H groups in total. The molecule has 6 heteroatoms. The van der Waals surface area contributed by atoms with Crippen molar-refractivity contribution < 1.29 is 0 Å². The number of hydrogen-bond acceptors (Lipinski definition) is 4. The van der Waals surface area contributed by atoms with Crippen LogP contribution in [-0.2, 0) is 13.6 Å². The lowest BCUT2D eigenvalue weighted by Crippen LogP contribution is -2.18. The quantitative estimate of drug-likeness (QED) is 0.848. The van der Waals surface area contributed by atoms with E-state index in [1.54, 1.807) is 6.20 Å². The van der Waals surface area contributed by atoms with E-state index in [-0.39, 0.29) is 6.04 Å². The Kier molecular flexibility index (Phi) is 3.23. The molecule has 2 heterocycles. The molecular weight excluding hydrogens is 216 g/mol. The van der Waals surface area contributed by atoms with Gasteiger partial charge in [-0.2, -0.15) is 5.10 Å². The van der Waals surface area contributed by atoms with E-state index in [2.05, 4.69) is 22.3 Å². The molecule has 0 aromatic carbocycles. The summed E-state index contributed by atoms with van der Waals surface area (Å²) < 4.78 is 3.66. The molecule has 2 rings (SSSR count). The first kappa shape index (κ1) is 11.8. The van der Waals surface area contributed by atoms with Gasteiger partial charge in [-0.05, 0) is 19.4 Å². The van der Waals surface area contributed by atoms with E-state index in [1.165, 1.54) is 0 Å². The summed E-state index contributed by atoms with van der Waals surface area (Å²) in [6, 6.07) is 1.73. The molecule has 0 bridgehead atoms. The third-order valence-electron chi connectivity index (χ3n) is 2.85. The number of aryl methyl sites for hydroxylation is 3. The van der Waals surface area contributed by atoms with Crippen LogP contribution in [0.3, 0.4) is 0 Å². The number of aromatic nitrogens is 5. The van der Waals surface area contributed by atoms with Crippen molar-refractivity contribution in [3.05, 3.63) is 29.3 Å². The molecule has 2 aromatic heterocycles. The van der Waals surface area contributed by atoms with Gasteiger partial charge >= 0.3 is 0 Å². The molecule has 0 saturated heterocycles. The van der Waals surface area contributed by atoms with E-state index < -0.39 is 0 Å². The zero-order chi connectivity index (χ0) is 12.4. The number of rotatable bonds is 4. The minimum absolute atomic E-state index is 0.267. The average Bonchev–Trinajstić information content (AvgIpc) is 2.87. The molecular formula is C11H18N6. The maximum absolute atomic E-state index is 6.20. The SMILES string of the molecule is CCCn1nncc1C(N)c1cc(C)n(C)n1. The first-order chi connectivity index (χ1) is 8.13. The Bertz CT molecular complexity index is 478. The minimum atomic E-state index is -0.267. The van der Waals surface area contributed by atoms with Crippen LogP contribution in [0.1, 0.15) is 36.5 Å². The highest BCUT2D eigenvalue weighted by Crippen LogP contribution is 2.18. The van der Waals surface area contributed by atoms with Gasteiger partial charge in [-0.25, -0.2) is 4.68 Å². The predicted octanol–water partition coefficient (Wildman–Crippen LogP) is 0.778. The summed E-state index contributed by atoms with van der Waals surface area (Å²) in [6.45, 7) is 4.93. The minimum Gasteiger partial charge on any atom is -0.318 e. The van der Waals surface area contributed by atoms with Gasteiger partial charge in [-0.3, -0.25) is 4.68 Å². The number of nitrogens with zero attached hydrogens (tertiary/aromatic N) is 5. The van der Waals surface area contributed by atoms with E-state index >= 15 is 0 Å². The lowest BCUT2D eigenvalue weighted by molar-refractivity contribution is 0.539. The Morgan fingerprint density at radius 2 is 2.24 bits per heavy atom. The van der Waals surface area contributed by atoms with Crippen LogP contribution in [0.15, 0.2) is 12.3 Å². The third kappa shape index (κ3) is 2.21. The molecule has 0 aliphatic carbocycles. The monoisotopic (exact) mass is 234 g/mol. The Hall–Kier alpha value is -1.69. The maximum atomic E-state index is 6.20. The smallest absolute Gasteiger partial charge is 0.0932 e. The normalized spacial score (nSPS) is 12.9. The summed E-state index contributed by atoms with van der Waals surface area (Å²) in [6.07, 6.45) is 2.72. The second kappa shape index (κ2) is 4.67. The highest BCUT2D eigenvalue weighted by Gasteiger charge is 2.17. The standard InChI is InChI=1S/C11H18N6/c1-4-5-17-10(7-13-15-17)11(12)9-6-8(2)16(3)14-9/h6-7,11H,4-5,12H2,1-3H3. The molecule has 0 radical (unpaired) electrons. The number of hydrogen-bond donors (Lipinski definition) is 1. The summed E-state index contributed by atoms with van der Waals surface area (Å²) in [4.78, 5) is 0. The molecule has 17 heavy (non-hydrogen) atoms. The largest absolute Gasteiger partial charge is 0.318 e. The van der Waals surface area contributed by atoms with Crippen LogP contribution >= 0.6 is 0 Å². The van der Waals surface area contributed by atoms with Gasteiger partial charge in [0.2, 0.25) is 0 Å². The fourth-order valence-electron chi connectivity index (χ4n) is 1.78. The third-order valence-corrected chi connectivity index (χ3v) is 2.85. The Morgan fingerprint density at radius 3 is 2.82 bits per heavy atom. The molecule has 92 valence electrons. The molecule has 1 unspecified atom stereocenters. The van der Waals surface area contributed by atoms with Crippen molar-refractivity contribution in [2.24, 2.45) is 12.8 Å². The van der Waals surface area contributed by atoms with Crippen LogP contribution in [0.4, 0.5) is 0 Å². The van der Waals surface area contributed by atoms with E-state index in [9.17, 15) is 0 Å². The average molecular weight is 234 g/mol. The van der Waals surface area contributed by atoms with Gasteiger partial charge in [0, 0.05) is 19.3 Å². The van der Waals surface area contributed by atoms with Gasteiger partial charge in [-0.15, -0.1) is 5.10 Å². The van der Waals surface area contributed by atoms with E-state index in [1.807, 2.05) is 29.4 Å². The van der Waals surface area contributed by atoms with Crippen molar-refractivity contribution in [3.8, 4) is 0 Å². The van der Waals surface area contributed by atoms with Crippen molar-refractivity contribution in [1.82, 2.24) is 24.8 Å². The molecule has 2 aromatic rings. The zero-order valence-electron chi connectivity index (χ0n) is 10.5. The van der Waals surface area contributed by atoms with E-state index in [0.29, 0.717) is 0 Å². The molecule has 0 saturated carbocycles. The van der Waals surface area contributed by atoms with Gasteiger partial charge in [-0.1, -0.05) is 12.1 Å². The van der Waals surface area contributed by atoms with Crippen LogP contribution in [0.2, 0.25) is 0 Å². The lowest BCUT2D eigenvalue weighted by Gasteiger charge is -2.10. The second-order valence-electron chi connectivity index (χ2n) is 4.19. The number of nitrogens with two attached hydrogens (primary N) is 1. The van der Waals surface area contributed by atoms with Crippen LogP contribution in [0, 0.1) is 6.92 Å². The topological polar surface area (TPSA) is 74.6 Å². The van der Waals surface area contributed by atoms with Crippen molar-refractivity contribution >= 4 is 0 Å². The zero-order valence-corrected chi connectivity index (χ0v) is 10.5.